The molecule has 3 nitrogen and oxygen atoms in total. The lowest BCUT2D eigenvalue weighted by Gasteiger charge is -2.04. The molecule has 0 saturated carbocycles. The van der Waals surface area contributed by atoms with E-state index in [1.807, 2.05) is 11.6 Å². The van der Waals surface area contributed by atoms with Gasteiger partial charge in [-0.25, -0.2) is 4.68 Å². The number of aromatic nitrogens is 3. The molecule has 2 aromatic heterocycles. The van der Waals surface area contributed by atoms with Gasteiger partial charge in [0.25, 0.3) is 0 Å². The Balaban J connectivity index is 1.99. The number of hydrogen-bond donors (Lipinski definition) is 1. The average molecular weight is 261 g/mol. The third kappa shape index (κ3) is 1.56. The third-order valence-corrected chi connectivity index (χ3v) is 3.74. The number of aryl methyl sites for hydroxylation is 2. The SMILES string of the molecule is Cc1cc(C)n(-c2ccc3c(c2)[nH]c2ccccc23)n1. The van der Waals surface area contributed by atoms with E-state index in [-0.39, 0.29) is 0 Å². The van der Waals surface area contributed by atoms with Crippen LogP contribution in [0.5, 0.6) is 0 Å². The van der Waals surface area contributed by atoms with Crippen LogP contribution in [0.3, 0.4) is 0 Å². The average Bonchev–Trinajstić information content (AvgIpc) is 2.97. The Bertz CT molecular complexity index is 928. The summed E-state index contributed by atoms with van der Waals surface area (Å²) in [5.74, 6) is 0. The molecule has 0 aliphatic rings. The predicted octanol–water partition coefficient (Wildman–Crippen LogP) is 4.12. The van der Waals surface area contributed by atoms with Gasteiger partial charge in [-0.2, -0.15) is 5.10 Å². The summed E-state index contributed by atoms with van der Waals surface area (Å²) < 4.78 is 1.99. The van der Waals surface area contributed by atoms with E-state index in [1.165, 1.54) is 16.3 Å². The summed E-state index contributed by atoms with van der Waals surface area (Å²) in [7, 11) is 0. The molecule has 0 amide bonds. The standard InChI is InChI=1S/C17H15N3/c1-11-9-12(2)20(19-11)13-7-8-15-14-5-3-4-6-16(14)18-17(15)10-13/h3-10,18H,1-2H3. The molecule has 0 radical (unpaired) electrons. The van der Waals surface area contributed by atoms with Gasteiger partial charge in [-0.05, 0) is 38.1 Å². The molecule has 4 rings (SSSR count). The van der Waals surface area contributed by atoms with Crippen LogP contribution in [-0.4, -0.2) is 14.8 Å². The van der Waals surface area contributed by atoms with Gasteiger partial charge in [-0.3, -0.25) is 0 Å². The van der Waals surface area contributed by atoms with Gasteiger partial charge >= 0.3 is 0 Å². The number of nitrogens with zero attached hydrogens (tertiary/aromatic N) is 2. The van der Waals surface area contributed by atoms with Crippen LogP contribution >= 0.6 is 0 Å². The number of H-pyrrole nitrogens is 1. The van der Waals surface area contributed by atoms with E-state index in [9.17, 15) is 0 Å². The molecule has 0 aliphatic heterocycles. The zero-order valence-corrected chi connectivity index (χ0v) is 11.5. The summed E-state index contributed by atoms with van der Waals surface area (Å²) in [5, 5.41) is 7.07. The fourth-order valence-electron chi connectivity index (χ4n) is 2.86. The van der Waals surface area contributed by atoms with Crippen molar-refractivity contribution in [2.45, 2.75) is 13.8 Å². The second kappa shape index (κ2) is 3.97. The number of nitrogens with one attached hydrogen (secondary N) is 1. The van der Waals surface area contributed by atoms with Crippen molar-refractivity contribution < 1.29 is 0 Å². The second-order valence-corrected chi connectivity index (χ2v) is 5.24. The van der Waals surface area contributed by atoms with Crippen molar-refractivity contribution in [3.05, 3.63) is 59.9 Å². The molecule has 0 atom stereocenters. The van der Waals surface area contributed by atoms with Crippen molar-refractivity contribution in [3.63, 3.8) is 0 Å². The van der Waals surface area contributed by atoms with Gasteiger partial charge in [0.2, 0.25) is 0 Å². The van der Waals surface area contributed by atoms with Crippen LogP contribution in [0.25, 0.3) is 27.5 Å². The molecule has 98 valence electrons. The maximum Gasteiger partial charge on any atom is 0.0669 e. The van der Waals surface area contributed by atoms with Crippen LogP contribution in [0.4, 0.5) is 0 Å². The first-order valence-electron chi connectivity index (χ1n) is 6.76. The Morgan fingerprint density at radius 3 is 2.50 bits per heavy atom. The number of aromatic amines is 1. The van der Waals surface area contributed by atoms with Gasteiger partial charge in [-0.15, -0.1) is 0 Å². The Morgan fingerprint density at radius 1 is 0.900 bits per heavy atom. The lowest BCUT2D eigenvalue weighted by Crippen LogP contribution is -1.98. The highest BCUT2D eigenvalue weighted by atomic mass is 15.3. The summed E-state index contributed by atoms with van der Waals surface area (Å²) >= 11 is 0. The molecule has 0 fully saturated rings. The van der Waals surface area contributed by atoms with Crippen molar-refractivity contribution in [1.82, 2.24) is 14.8 Å². The molecule has 20 heavy (non-hydrogen) atoms. The summed E-state index contributed by atoms with van der Waals surface area (Å²) in [6.45, 7) is 4.10. The smallest absolute Gasteiger partial charge is 0.0669 e. The van der Waals surface area contributed by atoms with Gasteiger partial charge in [0.1, 0.15) is 0 Å². The zero-order valence-electron chi connectivity index (χ0n) is 11.5. The number of fused-ring (bicyclic) bond motifs is 3. The van der Waals surface area contributed by atoms with E-state index in [1.54, 1.807) is 0 Å². The van der Waals surface area contributed by atoms with E-state index in [2.05, 4.69) is 65.5 Å². The van der Waals surface area contributed by atoms with Crippen LogP contribution in [0, 0.1) is 13.8 Å². The maximum absolute atomic E-state index is 4.54. The fraction of sp³-hybridized carbons (Fsp3) is 0.118. The largest absolute Gasteiger partial charge is 0.354 e. The van der Waals surface area contributed by atoms with Crippen molar-refractivity contribution in [2.75, 3.05) is 0 Å². The molecular formula is C17H15N3. The molecule has 2 aromatic carbocycles. The van der Waals surface area contributed by atoms with Crippen LogP contribution in [-0.2, 0) is 0 Å². The quantitative estimate of drug-likeness (QED) is 0.549. The number of hydrogen-bond acceptors (Lipinski definition) is 1. The van der Waals surface area contributed by atoms with Crippen molar-refractivity contribution in [2.24, 2.45) is 0 Å². The first-order valence-corrected chi connectivity index (χ1v) is 6.76. The summed E-state index contributed by atoms with van der Waals surface area (Å²) in [5.41, 5.74) is 5.61. The monoisotopic (exact) mass is 261 g/mol. The molecule has 3 heteroatoms. The van der Waals surface area contributed by atoms with Gasteiger partial charge < -0.3 is 4.98 Å². The second-order valence-electron chi connectivity index (χ2n) is 5.24. The molecule has 4 aromatic rings. The minimum atomic E-state index is 1.04. The lowest BCUT2D eigenvalue weighted by molar-refractivity contribution is 0.834. The van der Waals surface area contributed by atoms with E-state index in [0.717, 1.165) is 22.6 Å². The number of benzene rings is 2. The Morgan fingerprint density at radius 2 is 1.70 bits per heavy atom. The fourth-order valence-corrected chi connectivity index (χ4v) is 2.86. The maximum atomic E-state index is 4.54. The predicted molar refractivity (Wildman–Crippen MR) is 82.4 cm³/mol. The molecule has 0 spiro atoms. The van der Waals surface area contributed by atoms with E-state index in [0.29, 0.717) is 0 Å². The highest BCUT2D eigenvalue weighted by molar-refractivity contribution is 6.07. The highest BCUT2D eigenvalue weighted by Gasteiger charge is 2.07. The van der Waals surface area contributed by atoms with Crippen LogP contribution in [0.2, 0.25) is 0 Å². The highest BCUT2D eigenvalue weighted by Crippen LogP contribution is 2.27. The summed E-state index contributed by atoms with van der Waals surface area (Å²) in [6, 6.07) is 16.9. The van der Waals surface area contributed by atoms with E-state index in [4.69, 9.17) is 0 Å². The molecule has 2 heterocycles. The van der Waals surface area contributed by atoms with Gasteiger partial charge in [0.05, 0.1) is 11.4 Å². The minimum absolute atomic E-state index is 1.04. The lowest BCUT2D eigenvalue weighted by atomic mass is 10.1. The van der Waals surface area contributed by atoms with Gasteiger partial charge in [0, 0.05) is 27.5 Å². The van der Waals surface area contributed by atoms with Gasteiger partial charge in [0.15, 0.2) is 0 Å². The normalized spacial score (nSPS) is 11.5. The van der Waals surface area contributed by atoms with Crippen LogP contribution in [0.15, 0.2) is 48.5 Å². The molecule has 0 bridgehead atoms. The zero-order chi connectivity index (χ0) is 13.7. The van der Waals surface area contributed by atoms with Crippen molar-refractivity contribution in [1.29, 1.82) is 0 Å². The molecule has 0 aliphatic carbocycles. The topological polar surface area (TPSA) is 33.6 Å². The molecule has 0 saturated heterocycles. The number of rotatable bonds is 1. The molecular weight excluding hydrogens is 246 g/mol. The Labute approximate surface area is 116 Å². The van der Waals surface area contributed by atoms with E-state index < -0.39 is 0 Å². The van der Waals surface area contributed by atoms with Crippen LogP contribution < -0.4 is 0 Å². The van der Waals surface area contributed by atoms with Gasteiger partial charge in [-0.1, -0.05) is 24.3 Å². The minimum Gasteiger partial charge on any atom is -0.354 e. The molecule has 1 N–H and O–H groups in total. The first-order chi connectivity index (χ1) is 9.72. The Hall–Kier alpha value is -2.55. The molecule has 0 unspecified atom stereocenters. The number of para-hydroxylation sites is 1. The van der Waals surface area contributed by atoms with Crippen molar-refractivity contribution in [3.8, 4) is 5.69 Å². The Kier molecular flexibility index (Phi) is 2.24. The van der Waals surface area contributed by atoms with Crippen molar-refractivity contribution >= 4 is 21.8 Å². The van der Waals surface area contributed by atoms with E-state index >= 15 is 0 Å². The summed E-state index contributed by atoms with van der Waals surface area (Å²) in [4.78, 5) is 3.47. The van der Waals surface area contributed by atoms with Crippen LogP contribution in [0.1, 0.15) is 11.4 Å². The third-order valence-electron chi connectivity index (χ3n) is 3.74. The summed E-state index contributed by atoms with van der Waals surface area (Å²) in [6.07, 6.45) is 0. The first kappa shape index (κ1) is 11.3.